The van der Waals surface area contributed by atoms with Gasteiger partial charge in [0.15, 0.2) is 0 Å². The monoisotopic (exact) mass is 413 g/mol. The molecule has 3 heterocycles. The van der Waals surface area contributed by atoms with Gasteiger partial charge in [0.25, 0.3) is 5.91 Å². The van der Waals surface area contributed by atoms with Gasteiger partial charge in [-0.2, -0.15) is 0 Å². The Bertz CT molecular complexity index is 602. The third-order valence-electron chi connectivity index (χ3n) is 5.65. The van der Waals surface area contributed by atoms with Crippen LogP contribution in [-0.4, -0.2) is 59.9 Å². The third-order valence-corrected chi connectivity index (χ3v) is 6.51. The van der Waals surface area contributed by atoms with Crippen molar-refractivity contribution in [1.82, 2.24) is 15.1 Å². The number of carbonyl (C=O) groups excluding carboxylic acids is 2. The quantitative estimate of drug-likeness (QED) is 0.804. The van der Waals surface area contributed by atoms with Gasteiger partial charge in [-0.25, -0.2) is 0 Å². The molecule has 0 aliphatic carbocycles. The summed E-state index contributed by atoms with van der Waals surface area (Å²) in [6, 6.07) is 4.52. The fraction of sp³-hybridized carbons (Fsp3) is 0.700. The van der Waals surface area contributed by atoms with E-state index in [4.69, 9.17) is 0 Å². The maximum Gasteiger partial charge on any atom is 0.264 e. The Kier molecular flexibility index (Phi) is 8.58. The second-order valence-electron chi connectivity index (χ2n) is 7.61. The molecule has 7 heteroatoms. The van der Waals surface area contributed by atoms with Crippen LogP contribution in [0.4, 0.5) is 0 Å². The summed E-state index contributed by atoms with van der Waals surface area (Å²) in [7, 11) is 0. The van der Waals surface area contributed by atoms with E-state index in [1.165, 1.54) is 11.3 Å². The van der Waals surface area contributed by atoms with Crippen LogP contribution in [-0.2, 0) is 4.79 Å². The second-order valence-corrected chi connectivity index (χ2v) is 8.56. The molecule has 2 aliphatic rings. The first kappa shape index (κ1) is 22.2. The lowest BCUT2D eigenvalue weighted by Gasteiger charge is -2.40. The van der Waals surface area contributed by atoms with E-state index < -0.39 is 0 Å². The molecular formula is C20H32ClN3O2S. The number of amides is 2. The molecule has 0 aromatic carbocycles. The zero-order valence-corrected chi connectivity index (χ0v) is 18.0. The highest BCUT2D eigenvalue weighted by molar-refractivity contribution is 7.12. The van der Waals surface area contributed by atoms with Crippen molar-refractivity contribution in [3.05, 3.63) is 22.4 Å². The average Bonchev–Trinajstić information content (AvgIpc) is 3.20. The number of hydrogen-bond donors (Lipinski definition) is 1. The Morgan fingerprint density at radius 2 is 2.04 bits per heavy atom. The van der Waals surface area contributed by atoms with E-state index in [0.717, 1.165) is 63.2 Å². The molecule has 1 aromatic rings. The molecule has 2 atom stereocenters. The van der Waals surface area contributed by atoms with Crippen molar-refractivity contribution in [3.8, 4) is 0 Å². The maximum atomic E-state index is 12.8. The third kappa shape index (κ3) is 5.46. The van der Waals surface area contributed by atoms with E-state index in [0.29, 0.717) is 11.9 Å². The smallest absolute Gasteiger partial charge is 0.264 e. The molecule has 0 bridgehead atoms. The van der Waals surface area contributed by atoms with E-state index in [-0.39, 0.29) is 30.3 Å². The fourth-order valence-electron chi connectivity index (χ4n) is 4.24. The van der Waals surface area contributed by atoms with Gasteiger partial charge in [0.05, 0.1) is 4.88 Å². The Morgan fingerprint density at radius 1 is 1.30 bits per heavy atom. The molecule has 0 spiro atoms. The van der Waals surface area contributed by atoms with Crippen LogP contribution >= 0.6 is 23.7 Å². The van der Waals surface area contributed by atoms with Gasteiger partial charge >= 0.3 is 0 Å². The summed E-state index contributed by atoms with van der Waals surface area (Å²) < 4.78 is 0. The van der Waals surface area contributed by atoms with Crippen molar-refractivity contribution in [2.45, 2.75) is 58.0 Å². The van der Waals surface area contributed by atoms with Crippen LogP contribution < -0.4 is 5.32 Å². The van der Waals surface area contributed by atoms with E-state index >= 15 is 0 Å². The average molecular weight is 414 g/mol. The van der Waals surface area contributed by atoms with Crippen LogP contribution in [0.2, 0.25) is 0 Å². The molecule has 0 radical (unpaired) electrons. The highest BCUT2D eigenvalue weighted by Crippen LogP contribution is 2.25. The number of thiophene rings is 1. The normalized spacial score (nSPS) is 23.6. The van der Waals surface area contributed by atoms with E-state index in [2.05, 4.69) is 19.2 Å². The van der Waals surface area contributed by atoms with Crippen molar-refractivity contribution in [3.63, 3.8) is 0 Å². The number of rotatable bonds is 5. The van der Waals surface area contributed by atoms with Gasteiger partial charge in [-0.1, -0.05) is 13.0 Å². The Balaban J connectivity index is 0.00000261. The van der Waals surface area contributed by atoms with Crippen LogP contribution in [0.25, 0.3) is 0 Å². The van der Waals surface area contributed by atoms with Crippen LogP contribution in [0.5, 0.6) is 0 Å². The summed E-state index contributed by atoms with van der Waals surface area (Å²) in [4.78, 5) is 30.6. The fourth-order valence-corrected chi connectivity index (χ4v) is 4.92. The number of likely N-dealkylation sites (tertiary alicyclic amines) is 1. The van der Waals surface area contributed by atoms with E-state index in [1.807, 2.05) is 27.3 Å². The minimum atomic E-state index is 0. The number of carbonyl (C=O) groups is 2. The lowest BCUT2D eigenvalue weighted by Crippen LogP contribution is -2.51. The van der Waals surface area contributed by atoms with Gasteiger partial charge in [-0.05, 0) is 57.0 Å². The van der Waals surface area contributed by atoms with Gasteiger partial charge in [-0.15, -0.1) is 23.7 Å². The molecule has 1 aromatic heterocycles. The van der Waals surface area contributed by atoms with Gasteiger partial charge < -0.3 is 15.1 Å². The first-order valence-electron chi connectivity index (χ1n) is 9.96. The molecule has 3 rings (SSSR count). The predicted octanol–water partition coefficient (Wildman–Crippen LogP) is 3.40. The SMILES string of the molecule is CCCN(C(=O)c1cccs1)C1CCN(C(=O)[C@H]2CCN[C@@H](C)C2)CC1.Cl. The molecule has 2 aliphatic heterocycles. The van der Waals surface area contributed by atoms with Gasteiger partial charge in [-0.3, -0.25) is 9.59 Å². The first-order chi connectivity index (χ1) is 12.6. The second kappa shape index (κ2) is 10.4. The van der Waals surface area contributed by atoms with Crippen LogP contribution in [0.1, 0.15) is 55.6 Å². The van der Waals surface area contributed by atoms with Crippen LogP contribution in [0.15, 0.2) is 17.5 Å². The highest BCUT2D eigenvalue weighted by atomic mass is 35.5. The lowest BCUT2D eigenvalue weighted by atomic mass is 9.91. The minimum Gasteiger partial charge on any atom is -0.342 e. The van der Waals surface area contributed by atoms with Crippen LogP contribution in [0.3, 0.4) is 0 Å². The van der Waals surface area contributed by atoms with Gasteiger partial charge in [0.1, 0.15) is 0 Å². The Hall–Kier alpha value is -1.11. The number of hydrogen-bond acceptors (Lipinski definition) is 4. The summed E-state index contributed by atoms with van der Waals surface area (Å²) in [5.74, 6) is 0.643. The molecule has 2 fully saturated rings. The molecule has 0 unspecified atom stereocenters. The summed E-state index contributed by atoms with van der Waals surface area (Å²) in [5, 5.41) is 5.37. The molecule has 27 heavy (non-hydrogen) atoms. The first-order valence-corrected chi connectivity index (χ1v) is 10.8. The molecule has 0 saturated carbocycles. The minimum absolute atomic E-state index is 0. The lowest BCUT2D eigenvalue weighted by molar-refractivity contribution is -0.138. The van der Waals surface area contributed by atoms with Gasteiger partial charge in [0, 0.05) is 37.6 Å². The standard InChI is InChI=1S/C20H31N3O2S.ClH/c1-3-10-23(20(25)18-5-4-13-26-18)17-7-11-22(12-8-17)19(24)16-6-9-21-15(2)14-16;/h4-5,13,15-17,21H,3,6-12,14H2,1-2H3;1H/t15-,16-;/m0./s1. The molecule has 152 valence electrons. The molecular weight excluding hydrogens is 382 g/mol. The van der Waals surface area contributed by atoms with Crippen molar-refractivity contribution >= 4 is 35.6 Å². The topological polar surface area (TPSA) is 52.7 Å². The predicted molar refractivity (Wildman–Crippen MR) is 113 cm³/mol. The van der Waals surface area contributed by atoms with Crippen molar-refractivity contribution < 1.29 is 9.59 Å². The Labute approximate surface area is 172 Å². The summed E-state index contributed by atoms with van der Waals surface area (Å²) in [6.45, 7) is 7.56. The highest BCUT2D eigenvalue weighted by Gasteiger charge is 2.33. The number of nitrogens with zero attached hydrogens (tertiary/aromatic N) is 2. The van der Waals surface area contributed by atoms with Gasteiger partial charge in [0.2, 0.25) is 5.91 Å². The van der Waals surface area contributed by atoms with E-state index in [9.17, 15) is 9.59 Å². The number of piperidine rings is 2. The van der Waals surface area contributed by atoms with Crippen molar-refractivity contribution in [2.75, 3.05) is 26.2 Å². The number of nitrogens with one attached hydrogen (secondary N) is 1. The zero-order valence-electron chi connectivity index (χ0n) is 16.4. The van der Waals surface area contributed by atoms with Crippen molar-refractivity contribution in [1.29, 1.82) is 0 Å². The van der Waals surface area contributed by atoms with E-state index in [1.54, 1.807) is 0 Å². The molecule has 5 nitrogen and oxygen atoms in total. The molecule has 1 N–H and O–H groups in total. The van der Waals surface area contributed by atoms with Crippen molar-refractivity contribution in [2.24, 2.45) is 5.92 Å². The number of halogens is 1. The summed E-state index contributed by atoms with van der Waals surface area (Å²) in [6.07, 6.45) is 4.63. The van der Waals surface area contributed by atoms with Crippen LogP contribution in [0, 0.1) is 5.92 Å². The summed E-state index contributed by atoms with van der Waals surface area (Å²) >= 11 is 1.51. The molecule has 2 amide bonds. The zero-order chi connectivity index (χ0) is 18.5. The largest absolute Gasteiger partial charge is 0.342 e. The maximum absolute atomic E-state index is 12.8. The summed E-state index contributed by atoms with van der Waals surface area (Å²) in [5.41, 5.74) is 0. The Morgan fingerprint density at radius 3 is 2.63 bits per heavy atom. The molecule has 2 saturated heterocycles.